The van der Waals surface area contributed by atoms with E-state index in [1.165, 1.54) is 25.7 Å². The van der Waals surface area contributed by atoms with Gasteiger partial charge in [-0.05, 0) is 25.0 Å². The van der Waals surface area contributed by atoms with Crippen LogP contribution in [0, 0.1) is 6.92 Å². The highest BCUT2D eigenvalue weighted by atomic mass is 16.4. The number of carbonyl (C=O) groups is 1. The predicted molar refractivity (Wildman–Crippen MR) is 64.9 cm³/mol. The standard InChI is InChI=1S/C13H21NO2/c1-3-4-5-6-7-9-14-10-8-11(2)12(14)13(15)16/h8,10H,3-7,9H2,1-2H3,(H,15,16). The van der Waals surface area contributed by atoms with Gasteiger partial charge in [0.1, 0.15) is 5.69 Å². The van der Waals surface area contributed by atoms with E-state index in [0.717, 1.165) is 18.5 Å². The first kappa shape index (κ1) is 12.8. The topological polar surface area (TPSA) is 42.2 Å². The zero-order valence-electron chi connectivity index (χ0n) is 10.2. The van der Waals surface area contributed by atoms with Crippen LogP contribution in [0.15, 0.2) is 12.3 Å². The zero-order valence-corrected chi connectivity index (χ0v) is 10.2. The fraction of sp³-hybridized carbons (Fsp3) is 0.615. The highest BCUT2D eigenvalue weighted by molar-refractivity contribution is 5.87. The summed E-state index contributed by atoms with van der Waals surface area (Å²) in [7, 11) is 0. The second-order valence-electron chi connectivity index (χ2n) is 4.26. The van der Waals surface area contributed by atoms with Crippen molar-refractivity contribution in [3.8, 4) is 0 Å². The number of hydrogen-bond donors (Lipinski definition) is 1. The average Bonchev–Trinajstić information content (AvgIpc) is 2.59. The second kappa shape index (κ2) is 6.36. The summed E-state index contributed by atoms with van der Waals surface area (Å²) in [5, 5.41) is 9.06. The molecule has 1 heterocycles. The van der Waals surface area contributed by atoms with E-state index >= 15 is 0 Å². The van der Waals surface area contributed by atoms with Crippen LogP contribution in [0.1, 0.15) is 55.1 Å². The van der Waals surface area contributed by atoms with Gasteiger partial charge in [-0.25, -0.2) is 4.79 Å². The smallest absolute Gasteiger partial charge is 0.352 e. The number of aromatic carboxylic acids is 1. The quantitative estimate of drug-likeness (QED) is 0.719. The number of rotatable bonds is 7. The van der Waals surface area contributed by atoms with Crippen LogP contribution in [0.5, 0.6) is 0 Å². The van der Waals surface area contributed by atoms with E-state index in [2.05, 4.69) is 6.92 Å². The van der Waals surface area contributed by atoms with Crippen molar-refractivity contribution in [1.29, 1.82) is 0 Å². The Hall–Kier alpha value is -1.25. The van der Waals surface area contributed by atoms with Crippen LogP contribution in [-0.2, 0) is 6.54 Å². The third kappa shape index (κ3) is 3.40. The molecule has 0 aliphatic heterocycles. The summed E-state index contributed by atoms with van der Waals surface area (Å²) in [5.74, 6) is -0.823. The number of carboxylic acid groups (broad SMARTS) is 1. The Morgan fingerprint density at radius 1 is 1.31 bits per heavy atom. The average molecular weight is 223 g/mol. The Balaban J connectivity index is 2.45. The zero-order chi connectivity index (χ0) is 12.0. The number of nitrogens with zero attached hydrogens (tertiary/aromatic N) is 1. The molecule has 0 atom stereocenters. The molecule has 1 aromatic heterocycles. The second-order valence-corrected chi connectivity index (χ2v) is 4.26. The number of aromatic nitrogens is 1. The van der Waals surface area contributed by atoms with Gasteiger partial charge in [-0.3, -0.25) is 0 Å². The molecule has 0 spiro atoms. The predicted octanol–water partition coefficient (Wildman–Crippen LogP) is 3.47. The first-order valence-corrected chi connectivity index (χ1v) is 6.05. The van der Waals surface area contributed by atoms with Crippen molar-refractivity contribution in [2.75, 3.05) is 0 Å². The number of hydrogen-bond acceptors (Lipinski definition) is 1. The summed E-state index contributed by atoms with van der Waals surface area (Å²) in [4.78, 5) is 11.0. The monoisotopic (exact) mass is 223 g/mol. The molecule has 0 saturated heterocycles. The maximum Gasteiger partial charge on any atom is 0.352 e. The van der Waals surface area contributed by atoms with E-state index in [9.17, 15) is 4.79 Å². The van der Waals surface area contributed by atoms with E-state index in [0.29, 0.717) is 5.69 Å². The van der Waals surface area contributed by atoms with Crippen LogP contribution >= 0.6 is 0 Å². The van der Waals surface area contributed by atoms with Crippen molar-refractivity contribution in [2.24, 2.45) is 0 Å². The van der Waals surface area contributed by atoms with E-state index in [1.54, 1.807) is 0 Å². The molecule has 3 nitrogen and oxygen atoms in total. The van der Waals surface area contributed by atoms with Crippen molar-refractivity contribution >= 4 is 5.97 Å². The summed E-state index contributed by atoms with van der Waals surface area (Å²) in [6.07, 6.45) is 7.88. The molecule has 0 amide bonds. The highest BCUT2D eigenvalue weighted by Crippen LogP contribution is 2.12. The van der Waals surface area contributed by atoms with Crippen molar-refractivity contribution in [3.63, 3.8) is 0 Å². The molecular formula is C13H21NO2. The fourth-order valence-electron chi connectivity index (χ4n) is 1.95. The lowest BCUT2D eigenvalue weighted by Crippen LogP contribution is -2.09. The SMILES string of the molecule is CCCCCCCn1ccc(C)c1C(=O)O. The molecule has 0 saturated carbocycles. The molecule has 0 aliphatic rings. The van der Waals surface area contributed by atoms with Gasteiger partial charge >= 0.3 is 5.97 Å². The van der Waals surface area contributed by atoms with Crippen LogP contribution in [0.2, 0.25) is 0 Å². The summed E-state index contributed by atoms with van der Waals surface area (Å²) >= 11 is 0. The van der Waals surface area contributed by atoms with Crippen molar-refractivity contribution < 1.29 is 9.90 Å². The summed E-state index contributed by atoms with van der Waals surface area (Å²) in [5.41, 5.74) is 1.29. The Labute approximate surface area is 97.1 Å². The first-order chi connectivity index (χ1) is 7.66. The molecule has 0 fully saturated rings. The van der Waals surface area contributed by atoms with Gasteiger partial charge < -0.3 is 9.67 Å². The molecule has 0 bridgehead atoms. The summed E-state index contributed by atoms with van der Waals surface area (Å²) in [6.45, 7) is 4.86. The highest BCUT2D eigenvalue weighted by Gasteiger charge is 2.12. The Bertz CT molecular complexity index is 342. The third-order valence-corrected chi connectivity index (χ3v) is 2.87. The molecule has 0 radical (unpaired) electrons. The number of aryl methyl sites for hydroxylation is 2. The molecule has 0 aromatic carbocycles. The van der Waals surface area contributed by atoms with E-state index < -0.39 is 5.97 Å². The molecular weight excluding hydrogens is 202 g/mol. The molecule has 1 aromatic rings. The maximum atomic E-state index is 11.0. The van der Waals surface area contributed by atoms with Gasteiger partial charge in [-0.15, -0.1) is 0 Å². The summed E-state index contributed by atoms with van der Waals surface area (Å²) in [6, 6.07) is 1.87. The number of unbranched alkanes of at least 4 members (excludes halogenated alkanes) is 4. The largest absolute Gasteiger partial charge is 0.477 e. The van der Waals surface area contributed by atoms with Gasteiger partial charge in [0.05, 0.1) is 0 Å². The van der Waals surface area contributed by atoms with Crippen molar-refractivity contribution in [1.82, 2.24) is 4.57 Å². The van der Waals surface area contributed by atoms with E-state index in [4.69, 9.17) is 5.11 Å². The van der Waals surface area contributed by atoms with Crippen LogP contribution < -0.4 is 0 Å². The van der Waals surface area contributed by atoms with Crippen molar-refractivity contribution in [3.05, 3.63) is 23.5 Å². The Morgan fingerprint density at radius 2 is 2.00 bits per heavy atom. The lowest BCUT2D eigenvalue weighted by Gasteiger charge is -2.06. The minimum atomic E-state index is -0.823. The van der Waals surface area contributed by atoms with Gasteiger partial charge in [0, 0.05) is 12.7 Å². The third-order valence-electron chi connectivity index (χ3n) is 2.87. The Morgan fingerprint density at radius 3 is 2.62 bits per heavy atom. The van der Waals surface area contributed by atoms with Crippen LogP contribution in [0.3, 0.4) is 0 Å². The molecule has 0 unspecified atom stereocenters. The molecule has 1 N–H and O–H groups in total. The molecule has 0 aliphatic carbocycles. The van der Waals surface area contributed by atoms with Crippen LogP contribution in [0.25, 0.3) is 0 Å². The minimum absolute atomic E-state index is 0.440. The fourth-order valence-corrected chi connectivity index (χ4v) is 1.95. The number of carboxylic acids is 1. The Kier molecular flexibility index (Phi) is 5.09. The van der Waals surface area contributed by atoms with E-state index in [1.807, 2.05) is 23.8 Å². The molecule has 3 heteroatoms. The maximum absolute atomic E-state index is 11.0. The van der Waals surface area contributed by atoms with Gasteiger partial charge in [-0.2, -0.15) is 0 Å². The normalized spacial score (nSPS) is 10.6. The van der Waals surface area contributed by atoms with Crippen LogP contribution in [0.4, 0.5) is 0 Å². The molecule has 1 rings (SSSR count). The lowest BCUT2D eigenvalue weighted by molar-refractivity contribution is 0.0684. The van der Waals surface area contributed by atoms with E-state index in [-0.39, 0.29) is 0 Å². The van der Waals surface area contributed by atoms with Gasteiger partial charge in [0.15, 0.2) is 0 Å². The van der Waals surface area contributed by atoms with Gasteiger partial charge in [0.2, 0.25) is 0 Å². The molecule has 16 heavy (non-hydrogen) atoms. The summed E-state index contributed by atoms with van der Waals surface area (Å²) < 4.78 is 1.85. The minimum Gasteiger partial charge on any atom is -0.477 e. The van der Waals surface area contributed by atoms with Crippen LogP contribution in [-0.4, -0.2) is 15.6 Å². The van der Waals surface area contributed by atoms with Gasteiger partial charge in [-0.1, -0.05) is 32.6 Å². The van der Waals surface area contributed by atoms with Crippen molar-refractivity contribution in [2.45, 2.75) is 52.5 Å². The van der Waals surface area contributed by atoms with Gasteiger partial charge in [0.25, 0.3) is 0 Å². The first-order valence-electron chi connectivity index (χ1n) is 6.05. The molecule has 90 valence electrons. The lowest BCUT2D eigenvalue weighted by atomic mass is 10.1.